The van der Waals surface area contributed by atoms with Crippen molar-refractivity contribution >= 4 is 81.0 Å². The molecule has 3 N–H and O–H groups in total. The standard InChI is InChI=1S/C16H12Cl4N4O3S/c17-10-4-2-5-11(8-10)21-15(28)23-14(16(18,19)20)22-13(25)9-3-1-6-12(7-9)24(26)27/h1-8,14H,(H,22,25)(H2,21,23,28)/t14-/m1/s1. The Balaban J connectivity index is 2.11. The number of hydrogen-bond acceptors (Lipinski definition) is 4. The highest BCUT2D eigenvalue weighted by Gasteiger charge is 2.35. The third-order valence-corrected chi connectivity index (χ3v) is 4.39. The van der Waals surface area contributed by atoms with Gasteiger partial charge in [-0.25, -0.2) is 0 Å². The number of nitrogens with zero attached hydrogens (tertiary/aromatic N) is 1. The zero-order chi connectivity index (χ0) is 20.9. The summed E-state index contributed by atoms with van der Waals surface area (Å²) in [6.07, 6.45) is -1.23. The van der Waals surface area contributed by atoms with E-state index < -0.39 is 20.8 Å². The van der Waals surface area contributed by atoms with E-state index in [4.69, 9.17) is 58.6 Å². The first-order valence-corrected chi connectivity index (χ1v) is 9.43. The number of carbonyl (C=O) groups is 1. The van der Waals surface area contributed by atoms with Crippen LogP contribution in [0, 0.1) is 10.1 Å². The molecule has 0 aromatic heterocycles. The zero-order valence-corrected chi connectivity index (χ0v) is 17.6. The smallest absolute Gasteiger partial charge is 0.270 e. The maximum atomic E-state index is 12.4. The first kappa shape index (κ1) is 22.4. The lowest BCUT2D eigenvalue weighted by Crippen LogP contribution is -2.56. The highest BCUT2D eigenvalue weighted by molar-refractivity contribution is 7.80. The molecule has 0 fully saturated rings. The number of non-ortho nitro benzene ring substituents is 1. The quantitative estimate of drug-likeness (QED) is 0.189. The number of anilines is 1. The molecule has 0 saturated carbocycles. The van der Waals surface area contributed by atoms with E-state index >= 15 is 0 Å². The van der Waals surface area contributed by atoms with Crippen molar-refractivity contribution in [2.75, 3.05) is 5.32 Å². The fourth-order valence-electron chi connectivity index (χ4n) is 2.04. The van der Waals surface area contributed by atoms with Crippen molar-refractivity contribution in [2.45, 2.75) is 9.96 Å². The molecule has 0 saturated heterocycles. The molecule has 0 aliphatic carbocycles. The van der Waals surface area contributed by atoms with E-state index in [-0.39, 0.29) is 16.4 Å². The van der Waals surface area contributed by atoms with Crippen LogP contribution in [0.15, 0.2) is 48.5 Å². The number of carbonyl (C=O) groups excluding carboxylic acids is 1. The number of alkyl halides is 3. The molecule has 2 rings (SSSR count). The molecular formula is C16H12Cl4N4O3S. The van der Waals surface area contributed by atoms with Gasteiger partial charge in [0.15, 0.2) is 5.11 Å². The summed E-state index contributed by atoms with van der Waals surface area (Å²) in [5, 5.41) is 19.4. The second-order valence-corrected chi connectivity index (χ2v) is 8.58. The summed E-state index contributed by atoms with van der Waals surface area (Å²) in [6.45, 7) is 0. The first-order chi connectivity index (χ1) is 13.1. The predicted molar refractivity (Wildman–Crippen MR) is 115 cm³/mol. The highest BCUT2D eigenvalue weighted by atomic mass is 35.6. The molecule has 7 nitrogen and oxygen atoms in total. The zero-order valence-electron chi connectivity index (χ0n) is 13.8. The number of benzene rings is 2. The van der Waals surface area contributed by atoms with Gasteiger partial charge in [-0.05, 0) is 36.5 Å². The third-order valence-electron chi connectivity index (χ3n) is 3.28. The van der Waals surface area contributed by atoms with Gasteiger partial charge in [0.2, 0.25) is 3.79 Å². The van der Waals surface area contributed by atoms with Crippen molar-refractivity contribution in [1.82, 2.24) is 10.6 Å². The SMILES string of the molecule is O=C(N[C@H](NC(=S)Nc1cccc(Cl)c1)C(Cl)(Cl)Cl)c1cccc([N+](=O)[O-])c1. The number of nitrogens with one attached hydrogen (secondary N) is 3. The Morgan fingerprint density at radius 3 is 2.39 bits per heavy atom. The van der Waals surface area contributed by atoms with Gasteiger partial charge < -0.3 is 16.0 Å². The van der Waals surface area contributed by atoms with Crippen molar-refractivity contribution in [3.05, 3.63) is 69.2 Å². The Morgan fingerprint density at radius 1 is 1.11 bits per heavy atom. The molecule has 2 aromatic carbocycles. The lowest BCUT2D eigenvalue weighted by atomic mass is 10.2. The molecule has 0 bridgehead atoms. The van der Waals surface area contributed by atoms with E-state index in [1.54, 1.807) is 24.3 Å². The van der Waals surface area contributed by atoms with Crippen molar-refractivity contribution in [1.29, 1.82) is 0 Å². The number of halogens is 4. The summed E-state index contributed by atoms with van der Waals surface area (Å²) in [6, 6.07) is 11.9. The predicted octanol–water partition coefficient (Wildman–Crippen LogP) is 4.66. The number of hydrogen-bond donors (Lipinski definition) is 3. The molecular weight excluding hydrogens is 470 g/mol. The summed E-state index contributed by atoms with van der Waals surface area (Å²) in [5.41, 5.74) is 0.353. The second-order valence-electron chi connectivity index (χ2n) is 5.36. The van der Waals surface area contributed by atoms with Crippen LogP contribution in [0.25, 0.3) is 0 Å². The summed E-state index contributed by atoms with van der Waals surface area (Å²) in [5.74, 6) is -0.696. The van der Waals surface area contributed by atoms with Crippen molar-refractivity contribution in [3.8, 4) is 0 Å². The molecule has 0 unspecified atom stereocenters. The Hall–Kier alpha value is -1.84. The van der Waals surface area contributed by atoms with Gasteiger partial charge in [-0.1, -0.05) is 58.5 Å². The molecule has 0 radical (unpaired) electrons. The van der Waals surface area contributed by atoms with E-state index in [9.17, 15) is 14.9 Å². The average molecular weight is 482 g/mol. The van der Waals surface area contributed by atoms with E-state index in [2.05, 4.69) is 16.0 Å². The fraction of sp³-hybridized carbons (Fsp3) is 0.125. The minimum absolute atomic E-state index is 0.0176. The van der Waals surface area contributed by atoms with Crippen molar-refractivity contribution < 1.29 is 9.72 Å². The van der Waals surface area contributed by atoms with Gasteiger partial charge in [-0.15, -0.1) is 0 Å². The lowest BCUT2D eigenvalue weighted by Gasteiger charge is -2.27. The van der Waals surface area contributed by atoms with Crippen LogP contribution in [0.3, 0.4) is 0 Å². The normalized spacial score (nSPS) is 12.0. The Kier molecular flexibility index (Phi) is 7.68. The minimum atomic E-state index is -1.98. The van der Waals surface area contributed by atoms with Crippen LogP contribution < -0.4 is 16.0 Å². The lowest BCUT2D eigenvalue weighted by molar-refractivity contribution is -0.384. The molecule has 1 amide bonds. The maximum Gasteiger partial charge on any atom is 0.270 e. The van der Waals surface area contributed by atoms with Gasteiger partial charge in [-0.3, -0.25) is 14.9 Å². The molecule has 148 valence electrons. The molecule has 0 aliphatic heterocycles. The fourth-order valence-corrected chi connectivity index (χ4v) is 2.79. The summed E-state index contributed by atoms with van der Waals surface area (Å²) >= 11 is 28.8. The Labute approximate surface area is 185 Å². The Morgan fingerprint density at radius 2 is 1.79 bits per heavy atom. The highest BCUT2D eigenvalue weighted by Crippen LogP contribution is 2.29. The third kappa shape index (κ3) is 6.65. The number of nitro groups is 1. The molecule has 0 spiro atoms. The molecule has 1 atom stereocenters. The first-order valence-electron chi connectivity index (χ1n) is 7.51. The summed E-state index contributed by atoms with van der Waals surface area (Å²) < 4.78 is -1.98. The van der Waals surface area contributed by atoms with Gasteiger partial charge in [0.05, 0.1) is 4.92 Å². The topological polar surface area (TPSA) is 96.3 Å². The molecule has 12 heteroatoms. The summed E-state index contributed by atoms with van der Waals surface area (Å²) in [4.78, 5) is 22.7. The van der Waals surface area contributed by atoms with Gasteiger partial charge >= 0.3 is 0 Å². The van der Waals surface area contributed by atoms with Crippen LogP contribution >= 0.6 is 58.6 Å². The maximum absolute atomic E-state index is 12.4. The van der Waals surface area contributed by atoms with Crippen LogP contribution in [0.2, 0.25) is 5.02 Å². The second kappa shape index (κ2) is 9.58. The van der Waals surface area contributed by atoms with Gasteiger partial charge in [0, 0.05) is 28.4 Å². The number of rotatable bonds is 5. The van der Waals surface area contributed by atoms with Gasteiger partial charge in [0.25, 0.3) is 11.6 Å². The number of thiocarbonyl (C=S) groups is 1. The summed E-state index contributed by atoms with van der Waals surface area (Å²) in [7, 11) is 0. The van der Waals surface area contributed by atoms with Crippen molar-refractivity contribution in [2.24, 2.45) is 0 Å². The molecule has 0 aliphatic rings. The van der Waals surface area contributed by atoms with Gasteiger partial charge in [0.1, 0.15) is 6.17 Å². The molecule has 0 heterocycles. The van der Waals surface area contributed by atoms with Crippen LogP contribution in [0.4, 0.5) is 11.4 Å². The number of nitro benzene ring substituents is 1. The van der Waals surface area contributed by atoms with Crippen LogP contribution in [-0.2, 0) is 0 Å². The van der Waals surface area contributed by atoms with Crippen LogP contribution in [-0.4, -0.2) is 25.9 Å². The van der Waals surface area contributed by atoms with E-state index in [1.807, 2.05) is 0 Å². The average Bonchev–Trinajstić information content (AvgIpc) is 2.60. The van der Waals surface area contributed by atoms with E-state index in [0.29, 0.717) is 10.7 Å². The minimum Gasteiger partial charge on any atom is -0.339 e. The van der Waals surface area contributed by atoms with Crippen LogP contribution in [0.5, 0.6) is 0 Å². The Bertz CT molecular complexity index is 907. The van der Waals surface area contributed by atoms with E-state index in [1.165, 1.54) is 18.2 Å². The molecule has 28 heavy (non-hydrogen) atoms. The number of amides is 1. The molecule has 2 aromatic rings. The van der Waals surface area contributed by atoms with Gasteiger partial charge in [-0.2, -0.15) is 0 Å². The monoisotopic (exact) mass is 480 g/mol. The van der Waals surface area contributed by atoms with Crippen molar-refractivity contribution in [3.63, 3.8) is 0 Å². The van der Waals surface area contributed by atoms with Crippen LogP contribution in [0.1, 0.15) is 10.4 Å². The van der Waals surface area contributed by atoms with E-state index in [0.717, 1.165) is 6.07 Å². The largest absolute Gasteiger partial charge is 0.339 e.